The third kappa shape index (κ3) is 5.90. The van der Waals surface area contributed by atoms with Gasteiger partial charge in [-0.05, 0) is 101 Å². The molecule has 13 heteroatoms. The number of hydrogen-bond acceptors (Lipinski definition) is 7. The Morgan fingerprint density at radius 3 is 2.52 bits per heavy atom. The monoisotopic (exact) mass is 683 g/mol. The van der Waals surface area contributed by atoms with Crippen molar-refractivity contribution < 1.29 is 29.0 Å². The van der Waals surface area contributed by atoms with E-state index in [9.17, 15) is 19.5 Å². The van der Waals surface area contributed by atoms with Gasteiger partial charge in [0.05, 0.1) is 30.4 Å². The first-order valence-electron chi connectivity index (χ1n) is 17.8. The van der Waals surface area contributed by atoms with E-state index < -0.39 is 17.8 Å². The summed E-state index contributed by atoms with van der Waals surface area (Å²) in [7, 11) is 1.61. The van der Waals surface area contributed by atoms with Crippen LogP contribution in [0.3, 0.4) is 0 Å². The molecule has 4 aromatic rings. The molecule has 0 unspecified atom stereocenters. The average molecular weight is 684 g/mol. The standard InChI is InChI=1S/C37H45N7O6/c1-37(2,3)50-35(46)40-30-24-9-10-27(30)43(20-24)34(45)25-14-26-31(29(16-25)49-4)44(19-22-11-13-41(17-22)36(47)48)33(39-26)28-15-23-6-5-12-38-32(23)42(28)18-21-7-8-21/h5-6,12,14-16,21-22,24,27,30H,7-11,13,17-20H2,1-4H3,(H,40,46)(H,47,48)/t22-,24+,27+,30+/m0/s1. The van der Waals surface area contributed by atoms with Gasteiger partial charge in [0.1, 0.15) is 22.5 Å². The van der Waals surface area contributed by atoms with Crippen molar-refractivity contribution in [3.05, 3.63) is 42.1 Å². The van der Waals surface area contributed by atoms with Gasteiger partial charge in [0.15, 0.2) is 5.82 Å². The zero-order valence-corrected chi connectivity index (χ0v) is 29.1. The fraction of sp³-hybridized carbons (Fsp3) is 0.541. The fourth-order valence-electron chi connectivity index (χ4n) is 8.37. The molecule has 1 aromatic carbocycles. The Morgan fingerprint density at radius 2 is 1.80 bits per heavy atom. The third-order valence-corrected chi connectivity index (χ3v) is 10.8. The van der Waals surface area contributed by atoms with E-state index in [2.05, 4.69) is 26.6 Å². The molecule has 0 spiro atoms. The lowest BCUT2D eigenvalue weighted by molar-refractivity contribution is 0.0485. The summed E-state index contributed by atoms with van der Waals surface area (Å²) in [4.78, 5) is 52.1. The van der Waals surface area contributed by atoms with Gasteiger partial charge in [0.2, 0.25) is 0 Å². The number of carboxylic acid groups (broad SMARTS) is 1. The maximum Gasteiger partial charge on any atom is 0.407 e. The van der Waals surface area contributed by atoms with Gasteiger partial charge in [-0.15, -0.1) is 0 Å². The van der Waals surface area contributed by atoms with Crippen molar-refractivity contribution in [1.29, 1.82) is 0 Å². The van der Waals surface area contributed by atoms with Crippen LogP contribution in [0.25, 0.3) is 33.6 Å². The number of pyridine rings is 1. The van der Waals surface area contributed by atoms with Gasteiger partial charge in [-0.1, -0.05) is 0 Å². The summed E-state index contributed by atoms with van der Waals surface area (Å²) in [5.41, 5.74) is 3.13. The lowest BCUT2D eigenvalue weighted by Crippen LogP contribution is -2.46. The molecule has 3 amide bonds. The Kier molecular flexibility index (Phi) is 7.91. The summed E-state index contributed by atoms with van der Waals surface area (Å²) >= 11 is 0. The molecular formula is C37H45N7O6. The number of carbonyl (C=O) groups excluding carboxylic acids is 2. The number of benzene rings is 1. The Labute approximate surface area is 290 Å². The topological polar surface area (TPSA) is 144 Å². The lowest BCUT2D eigenvalue weighted by Gasteiger charge is -2.28. The largest absolute Gasteiger partial charge is 0.494 e. The molecule has 0 radical (unpaired) electrons. The van der Waals surface area contributed by atoms with Crippen LogP contribution < -0.4 is 10.1 Å². The van der Waals surface area contributed by atoms with E-state index in [0.717, 1.165) is 53.9 Å². The zero-order chi connectivity index (χ0) is 34.9. The number of nitrogens with one attached hydrogen (secondary N) is 1. The molecule has 2 aliphatic carbocycles. The van der Waals surface area contributed by atoms with Crippen LogP contribution in [0.5, 0.6) is 5.75 Å². The van der Waals surface area contributed by atoms with Gasteiger partial charge in [-0.3, -0.25) is 4.79 Å². The van der Waals surface area contributed by atoms with Crippen LogP contribution in [-0.2, 0) is 17.8 Å². The molecule has 2 N–H and O–H groups in total. The maximum atomic E-state index is 14.3. The number of nitrogens with zero attached hydrogens (tertiary/aromatic N) is 6. The van der Waals surface area contributed by atoms with Gasteiger partial charge in [0.25, 0.3) is 5.91 Å². The molecule has 8 rings (SSSR count). The quantitative estimate of drug-likeness (QED) is 0.244. The first-order chi connectivity index (χ1) is 24.0. The molecule has 50 heavy (non-hydrogen) atoms. The van der Waals surface area contributed by atoms with Gasteiger partial charge in [0, 0.05) is 49.9 Å². The number of methoxy groups -OCH3 is 1. The second-order valence-corrected chi connectivity index (χ2v) is 15.5. The molecule has 2 saturated carbocycles. The van der Waals surface area contributed by atoms with Crippen molar-refractivity contribution in [2.24, 2.45) is 17.8 Å². The highest BCUT2D eigenvalue weighted by molar-refractivity contribution is 6.00. The highest BCUT2D eigenvalue weighted by atomic mass is 16.6. The Balaban J connectivity index is 1.18. The van der Waals surface area contributed by atoms with Crippen molar-refractivity contribution in [1.82, 2.24) is 34.2 Å². The molecule has 13 nitrogen and oxygen atoms in total. The average Bonchev–Trinajstić information content (AvgIpc) is 3.42. The molecule has 264 valence electrons. The maximum absolute atomic E-state index is 14.3. The fourth-order valence-corrected chi connectivity index (χ4v) is 8.37. The molecule has 5 heterocycles. The minimum atomic E-state index is -0.904. The molecule has 2 aliphatic heterocycles. The zero-order valence-electron chi connectivity index (χ0n) is 29.1. The number of ether oxygens (including phenoxy) is 2. The second-order valence-electron chi connectivity index (χ2n) is 15.5. The lowest BCUT2D eigenvalue weighted by atomic mass is 10.1. The van der Waals surface area contributed by atoms with Crippen molar-refractivity contribution in [3.8, 4) is 17.3 Å². The summed E-state index contributed by atoms with van der Waals surface area (Å²) in [6, 6.07) is 9.51. The van der Waals surface area contributed by atoms with E-state index in [0.29, 0.717) is 48.9 Å². The Morgan fingerprint density at radius 1 is 1.00 bits per heavy atom. The first-order valence-corrected chi connectivity index (χ1v) is 17.8. The molecule has 4 aliphatic rings. The number of hydrogen-bond donors (Lipinski definition) is 2. The molecule has 3 aromatic heterocycles. The number of likely N-dealkylation sites (tertiary alicyclic amines) is 2. The van der Waals surface area contributed by atoms with Crippen molar-refractivity contribution in [2.75, 3.05) is 26.7 Å². The number of aromatic nitrogens is 4. The number of carbonyl (C=O) groups is 3. The molecule has 2 bridgehead atoms. The van der Waals surface area contributed by atoms with Crippen LogP contribution in [0.15, 0.2) is 36.5 Å². The van der Waals surface area contributed by atoms with E-state index >= 15 is 0 Å². The minimum absolute atomic E-state index is 0.0854. The van der Waals surface area contributed by atoms with Crippen LogP contribution in [0.4, 0.5) is 9.59 Å². The second kappa shape index (κ2) is 12.2. The van der Waals surface area contributed by atoms with Crippen LogP contribution in [0, 0.1) is 17.8 Å². The minimum Gasteiger partial charge on any atom is -0.494 e. The van der Waals surface area contributed by atoms with Crippen molar-refractivity contribution in [2.45, 2.75) is 83.6 Å². The molecular weight excluding hydrogens is 638 g/mol. The van der Waals surface area contributed by atoms with Gasteiger partial charge in [-0.2, -0.15) is 0 Å². The molecule has 4 fully saturated rings. The predicted molar refractivity (Wildman–Crippen MR) is 186 cm³/mol. The van der Waals surface area contributed by atoms with Crippen LogP contribution in [0.1, 0.15) is 63.2 Å². The summed E-state index contributed by atoms with van der Waals surface area (Å²) in [5, 5.41) is 13.8. The number of amides is 3. The summed E-state index contributed by atoms with van der Waals surface area (Å²) in [6.07, 6.45) is 5.31. The number of imidazole rings is 1. The number of fused-ring (bicyclic) bond motifs is 4. The number of piperidine rings is 1. The molecule has 2 saturated heterocycles. The summed E-state index contributed by atoms with van der Waals surface area (Å²) in [5.74, 6) is 2.00. The van der Waals surface area contributed by atoms with E-state index in [4.69, 9.17) is 19.4 Å². The first kappa shape index (κ1) is 32.4. The highest BCUT2D eigenvalue weighted by Crippen LogP contribution is 2.41. The van der Waals surface area contributed by atoms with Crippen LogP contribution in [-0.4, -0.2) is 96.5 Å². The third-order valence-electron chi connectivity index (χ3n) is 10.8. The smallest absolute Gasteiger partial charge is 0.407 e. The Hall–Kier alpha value is -4.81. The van der Waals surface area contributed by atoms with Crippen molar-refractivity contribution >= 4 is 40.2 Å². The van der Waals surface area contributed by atoms with Crippen LogP contribution >= 0.6 is 0 Å². The Bertz CT molecular complexity index is 1990. The van der Waals surface area contributed by atoms with E-state index in [-0.39, 0.29) is 29.8 Å². The van der Waals surface area contributed by atoms with Crippen LogP contribution in [0.2, 0.25) is 0 Å². The summed E-state index contributed by atoms with van der Waals surface area (Å²) in [6.45, 7) is 8.39. The van der Waals surface area contributed by atoms with Gasteiger partial charge >= 0.3 is 12.2 Å². The highest BCUT2D eigenvalue weighted by Gasteiger charge is 2.50. The predicted octanol–water partition coefficient (Wildman–Crippen LogP) is 5.60. The SMILES string of the molecule is COc1cc(C(=O)N2C[C@H]3CC[C@@H]2[C@@H]3NC(=O)OC(C)(C)C)cc2nc(-c3cc4cccnc4n3CC3CC3)n(C[C@H]3CCN(C(=O)O)C3)c12. The van der Waals surface area contributed by atoms with Gasteiger partial charge in [-0.25, -0.2) is 19.6 Å². The number of rotatable bonds is 8. The van der Waals surface area contributed by atoms with E-state index in [1.807, 2.05) is 44.0 Å². The van der Waals surface area contributed by atoms with E-state index in [1.54, 1.807) is 13.2 Å². The molecule has 4 atom stereocenters. The van der Waals surface area contributed by atoms with Crippen molar-refractivity contribution in [3.63, 3.8) is 0 Å². The normalized spacial score (nSPS) is 23.3. The van der Waals surface area contributed by atoms with Gasteiger partial charge < -0.3 is 38.8 Å². The number of alkyl carbamates (subject to hydrolysis) is 1. The summed E-state index contributed by atoms with van der Waals surface area (Å²) < 4.78 is 16.0. The van der Waals surface area contributed by atoms with E-state index in [1.165, 1.54) is 17.7 Å².